The lowest BCUT2D eigenvalue weighted by atomic mass is 10.2. The topological polar surface area (TPSA) is 97.7 Å². The van der Waals surface area contributed by atoms with Crippen LogP contribution in [0.2, 0.25) is 0 Å². The van der Waals surface area contributed by atoms with Crippen LogP contribution in [0, 0.1) is 12.3 Å². The minimum Gasteiger partial charge on any atom is -0.352 e. The fourth-order valence-electron chi connectivity index (χ4n) is 0.992. The first-order chi connectivity index (χ1) is 8.04. The Labute approximate surface area is 100.0 Å². The molecule has 0 bridgehead atoms. The molecule has 1 N–H and O–H groups in total. The van der Waals surface area contributed by atoms with E-state index in [-0.39, 0.29) is 11.1 Å². The van der Waals surface area contributed by atoms with E-state index in [1.165, 1.54) is 0 Å². The molecule has 17 heavy (non-hydrogen) atoms. The third-order valence-corrected chi connectivity index (χ3v) is 2.65. The summed E-state index contributed by atoms with van der Waals surface area (Å²) in [4.78, 5) is 0. The second-order valence-corrected chi connectivity index (χ2v) is 5.28. The van der Waals surface area contributed by atoms with Crippen molar-refractivity contribution in [3.05, 3.63) is 0 Å². The van der Waals surface area contributed by atoms with E-state index in [9.17, 15) is 8.42 Å². The highest BCUT2D eigenvalue weighted by molar-refractivity contribution is 7.90. The third kappa shape index (κ3) is 4.74. The molecule has 0 fully saturated rings. The van der Waals surface area contributed by atoms with Gasteiger partial charge in [-0.1, -0.05) is 0 Å². The van der Waals surface area contributed by atoms with Crippen LogP contribution in [0.15, 0.2) is 5.16 Å². The normalized spacial score (nSPS) is 10.8. The fraction of sp³-hybridized carbons (Fsp3) is 0.556. The first kappa shape index (κ1) is 13.3. The van der Waals surface area contributed by atoms with Crippen LogP contribution >= 0.6 is 0 Å². The monoisotopic (exact) mass is 255 g/mol. The number of anilines is 1. The molecule has 0 saturated heterocycles. The molecule has 0 spiro atoms. The molecule has 0 amide bonds. The Hall–Kier alpha value is -1.75. The van der Waals surface area contributed by atoms with Gasteiger partial charge in [-0.25, -0.2) is 8.42 Å². The lowest BCUT2D eigenvalue weighted by molar-refractivity contribution is 0.583. The predicted octanol–water partition coefficient (Wildman–Crippen LogP) is -0.115. The molecule has 0 aliphatic rings. The van der Waals surface area contributed by atoms with Crippen LogP contribution in [-0.4, -0.2) is 41.6 Å². The van der Waals surface area contributed by atoms with E-state index in [1.54, 1.807) is 0 Å². The molecule has 0 aliphatic heterocycles. The first-order valence-electron chi connectivity index (χ1n) is 4.99. The van der Waals surface area contributed by atoms with Crippen LogP contribution in [-0.2, 0) is 9.84 Å². The molecular formula is C9H13N5O2S. The third-order valence-electron chi connectivity index (χ3n) is 1.82. The predicted molar refractivity (Wildman–Crippen MR) is 61.9 cm³/mol. The van der Waals surface area contributed by atoms with Gasteiger partial charge in [-0.15, -0.1) is 32.7 Å². The van der Waals surface area contributed by atoms with Gasteiger partial charge in [-0.2, -0.15) is 0 Å². The van der Waals surface area contributed by atoms with E-state index in [4.69, 9.17) is 6.42 Å². The standard InChI is InChI=1S/C9H13N5O2S/c1-3-4-5-6-7-10-8-11-13-9(14-12-8)17(2,15)16/h1H,4-7H2,2H3,(H,10,11,12). The molecule has 1 heterocycles. The van der Waals surface area contributed by atoms with E-state index in [1.807, 2.05) is 0 Å². The maximum absolute atomic E-state index is 11.0. The highest BCUT2D eigenvalue weighted by Gasteiger charge is 2.12. The van der Waals surface area contributed by atoms with Crippen molar-refractivity contribution in [2.45, 2.75) is 24.4 Å². The largest absolute Gasteiger partial charge is 0.352 e. The van der Waals surface area contributed by atoms with Gasteiger partial charge in [0.05, 0.1) is 0 Å². The van der Waals surface area contributed by atoms with Crippen molar-refractivity contribution in [3.8, 4) is 12.3 Å². The zero-order chi connectivity index (χ0) is 12.7. The first-order valence-corrected chi connectivity index (χ1v) is 6.88. The number of hydrogen-bond acceptors (Lipinski definition) is 7. The molecule has 1 aromatic heterocycles. The molecular weight excluding hydrogens is 242 g/mol. The van der Waals surface area contributed by atoms with Crippen molar-refractivity contribution in [2.24, 2.45) is 0 Å². The Morgan fingerprint density at radius 3 is 2.41 bits per heavy atom. The number of sulfone groups is 1. The van der Waals surface area contributed by atoms with Gasteiger partial charge in [-0.05, 0) is 12.8 Å². The summed E-state index contributed by atoms with van der Waals surface area (Å²) >= 11 is 0. The van der Waals surface area contributed by atoms with Crippen molar-refractivity contribution in [3.63, 3.8) is 0 Å². The maximum atomic E-state index is 11.0. The molecule has 1 aromatic rings. The second-order valence-electron chi connectivity index (χ2n) is 3.37. The Morgan fingerprint density at radius 1 is 1.24 bits per heavy atom. The number of hydrogen-bond donors (Lipinski definition) is 1. The Morgan fingerprint density at radius 2 is 1.88 bits per heavy atom. The van der Waals surface area contributed by atoms with Gasteiger partial charge in [0.25, 0.3) is 11.1 Å². The zero-order valence-electron chi connectivity index (χ0n) is 9.42. The summed E-state index contributed by atoms with van der Waals surface area (Å²) in [7, 11) is -3.45. The van der Waals surface area contributed by atoms with Crippen LogP contribution < -0.4 is 5.32 Å². The minimum atomic E-state index is -3.45. The van der Waals surface area contributed by atoms with Crippen molar-refractivity contribution < 1.29 is 8.42 Å². The number of nitrogens with one attached hydrogen (secondary N) is 1. The van der Waals surface area contributed by atoms with Crippen LogP contribution in [0.25, 0.3) is 0 Å². The van der Waals surface area contributed by atoms with Crippen molar-refractivity contribution in [1.82, 2.24) is 20.4 Å². The van der Waals surface area contributed by atoms with Crippen molar-refractivity contribution in [2.75, 3.05) is 18.1 Å². The number of terminal acetylenes is 1. The summed E-state index contributed by atoms with van der Waals surface area (Å²) in [5.74, 6) is 2.75. The molecule has 0 unspecified atom stereocenters. The lowest BCUT2D eigenvalue weighted by Gasteiger charge is -2.02. The summed E-state index contributed by atoms with van der Waals surface area (Å²) in [5, 5.41) is 16.6. The van der Waals surface area contributed by atoms with Crippen LogP contribution in [0.5, 0.6) is 0 Å². The van der Waals surface area contributed by atoms with Crippen molar-refractivity contribution >= 4 is 15.8 Å². The summed E-state index contributed by atoms with van der Waals surface area (Å²) in [6.45, 7) is 0.642. The summed E-state index contributed by atoms with van der Waals surface area (Å²) in [6, 6.07) is 0. The van der Waals surface area contributed by atoms with E-state index in [0.29, 0.717) is 6.54 Å². The Kier molecular flexibility index (Phi) is 4.78. The van der Waals surface area contributed by atoms with Gasteiger partial charge in [0.2, 0.25) is 9.84 Å². The quantitative estimate of drug-likeness (QED) is 0.559. The highest BCUT2D eigenvalue weighted by Crippen LogP contribution is 2.00. The summed E-state index contributed by atoms with van der Waals surface area (Å²) < 4.78 is 22.1. The van der Waals surface area contributed by atoms with Gasteiger partial charge in [0, 0.05) is 19.2 Å². The van der Waals surface area contributed by atoms with Crippen LogP contribution in [0.1, 0.15) is 19.3 Å². The minimum absolute atomic E-state index is 0.207. The van der Waals surface area contributed by atoms with E-state index >= 15 is 0 Å². The number of rotatable bonds is 6. The Bertz CT molecular complexity index is 491. The van der Waals surface area contributed by atoms with Gasteiger partial charge in [0.1, 0.15) is 0 Å². The fourth-order valence-corrected chi connectivity index (χ4v) is 1.37. The molecule has 0 aromatic carbocycles. The summed E-state index contributed by atoms with van der Waals surface area (Å²) in [5.41, 5.74) is 0. The molecule has 1 rings (SSSR count). The lowest BCUT2D eigenvalue weighted by Crippen LogP contribution is -2.12. The average molecular weight is 255 g/mol. The zero-order valence-corrected chi connectivity index (χ0v) is 10.2. The Balaban J connectivity index is 2.44. The smallest absolute Gasteiger partial charge is 0.286 e. The van der Waals surface area contributed by atoms with Gasteiger partial charge in [-0.3, -0.25) is 0 Å². The molecule has 0 atom stereocenters. The van der Waals surface area contributed by atoms with Gasteiger partial charge < -0.3 is 5.32 Å². The molecule has 0 radical (unpaired) electrons. The molecule has 0 aliphatic carbocycles. The molecule has 7 nitrogen and oxygen atoms in total. The van der Waals surface area contributed by atoms with Crippen molar-refractivity contribution in [1.29, 1.82) is 0 Å². The molecule has 92 valence electrons. The van der Waals surface area contributed by atoms with E-state index in [2.05, 4.69) is 31.6 Å². The molecule has 8 heteroatoms. The number of aromatic nitrogens is 4. The second kappa shape index (κ2) is 6.10. The van der Waals surface area contributed by atoms with Gasteiger partial charge >= 0.3 is 0 Å². The number of nitrogens with zero attached hydrogens (tertiary/aromatic N) is 4. The van der Waals surface area contributed by atoms with E-state index < -0.39 is 9.84 Å². The van der Waals surface area contributed by atoms with Gasteiger partial charge in [0.15, 0.2) is 0 Å². The SMILES string of the molecule is C#CCCCCNc1nnc(S(C)(=O)=O)nn1. The van der Waals surface area contributed by atoms with E-state index in [0.717, 1.165) is 25.5 Å². The highest BCUT2D eigenvalue weighted by atomic mass is 32.2. The average Bonchev–Trinajstić information content (AvgIpc) is 2.28. The van der Waals surface area contributed by atoms with Crippen LogP contribution in [0.4, 0.5) is 5.95 Å². The summed E-state index contributed by atoms with van der Waals surface area (Å²) in [6.07, 6.45) is 8.62. The number of unbranched alkanes of at least 4 members (excludes halogenated alkanes) is 2. The maximum Gasteiger partial charge on any atom is 0.286 e. The van der Waals surface area contributed by atoms with Crippen LogP contribution in [0.3, 0.4) is 0 Å². The molecule has 0 saturated carbocycles.